The van der Waals surface area contributed by atoms with E-state index in [9.17, 15) is 8.78 Å². The topological polar surface area (TPSA) is 26.0 Å². The Balaban J connectivity index is 2.29. The summed E-state index contributed by atoms with van der Waals surface area (Å²) in [6.07, 6.45) is 0.687. The highest BCUT2D eigenvalue weighted by Gasteiger charge is 2.08. The van der Waals surface area contributed by atoms with Gasteiger partial charge in [0.15, 0.2) is 11.6 Å². The van der Waals surface area contributed by atoms with Crippen molar-refractivity contribution in [2.45, 2.75) is 16.2 Å². The smallest absolute Gasteiger partial charge is 0.159 e. The summed E-state index contributed by atoms with van der Waals surface area (Å²) in [6.45, 7) is 0.506. The number of nitrogens with two attached hydrogens (primary N) is 1. The lowest BCUT2D eigenvalue weighted by atomic mass is 10.1. The maximum absolute atomic E-state index is 13.2. The monoisotopic (exact) mass is 299 g/mol. The van der Waals surface area contributed by atoms with Gasteiger partial charge in [0, 0.05) is 14.8 Å². The summed E-state index contributed by atoms with van der Waals surface area (Å²) in [7, 11) is 0. The highest BCUT2D eigenvalue weighted by molar-refractivity contribution is 7.99. The molecule has 2 rings (SSSR count). The van der Waals surface area contributed by atoms with E-state index in [2.05, 4.69) is 0 Å². The van der Waals surface area contributed by atoms with E-state index in [1.54, 1.807) is 12.1 Å². The first-order chi connectivity index (χ1) is 9.10. The van der Waals surface area contributed by atoms with Gasteiger partial charge in [-0.3, -0.25) is 0 Å². The second kappa shape index (κ2) is 6.37. The predicted octanol–water partition coefficient (Wildman–Crippen LogP) is 4.27. The van der Waals surface area contributed by atoms with E-state index in [1.807, 2.05) is 12.1 Å². The van der Waals surface area contributed by atoms with E-state index in [0.717, 1.165) is 16.5 Å². The van der Waals surface area contributed by atoms with Crippen LogP contribution in [0.5, 0.6) is 0 Å². The van der Waals surface area contributed by atoms with Crippen LogP contribution in [-0.2, 0) is 6.42 Å². The Hall–Kier alpha value is -1.10. The molecule has 0 bridgehead atoms. The maximum atomic E-state index is 13.2. The number of halogens is 3. The Kier molecular flexibility index (Phi) is 4.80. The van der Waals surface area contributed by atoms with Crippen LogP contribution < -0.4 is 5.73 Å². The van der Waals surface area contributed by atoms with Gasteiger partial charge < -0.3 is 5.73 Å². The van der Waals surface area contributed by atoms with Crippen molar-refractivity contribution in [3.63, 3.8) is 0 Å². The van der Waals surface area contributed by atoms with Gasteiger partial charge in [0.1, 0.15) is 0 Å². The molecule has 0 saturated heterocycles. The van der Waals surface area contributed by atoms with Crippen molar-refractivity contribution in [3.05, 3.63) is 58.6 Å². The molecule has 0 aliphatic rings. The van der Waals surface area contributed by atoms with Crippen LogP contribution in [0.1, 0.15) is 5.56 Å². The third-order valence-electron chi connectivity index (χ3n) is 2.56. The predicted molar refractivity (Wildman–Crippen MR) is 74.7 cm³/mol. The molecule has 0 spiro atoms. The second-order valence-corrected chi connectivity index (χ2v) is 5.52. The molecule has 2 aromatic carbocycles. The van der Waals surface area contributed by atoms with Gasteiger partial charge in [-0.15, -0.1) is 0 Å². The SMILES string of the molecule is NCCc1cc(Cl)ccc1Sc1ccc(F)c(F)c1. The van der Waals surface area contributed by atoms with Crippen LogP contribution in [0.25, 0.3) is 0 Å². The minimum Gasteiger partial charge on any atom is -0.330 e. The lowest BCUT2D eigenvalue weighted by Crippen LogP contribution is -2.03. The molecule has 0 radical (unpaired) electrons. The minimum atomic E-state index is -0.848. The molecule has 0 saturated carbocycles. The van der Waals surface area contributed by atoms with Crippen LogP contribution in [0.2, 0.25) is 5.02 Å². The lowest BCUT2D eigenvalue weighted by molar-refractivity contribution is 0.506. The molecule has 0 fully saturated rings. The van der Waals surface area contributed by atoms with Gasteiger partial charge in [0.05, 0.1) is 0 Å². The van der Waals surface area contributed by atoms with Gasteiger partial charge in [-0.2, -0.15) is 0 Å². The fourth-order valence-corrected chi connectivity index (χ4v) is 2.84. The van der Waals surface area contributed by atoms with Crippen molar-refractivity contribution in [2.24, 2.45) is 5.73 Å². The summed E-state index contributed by atoms with van der Waals surface area (Å²) < 4.78 is 26.0. The van der Waals surface area contributed by atoms with Crippen LogP contribution in [0, 0.1) is 11.6 Å². The number of hydrogen-bond acceptors (Lipinski definition) is 2. The normalized spacial score (nSPS) is 10.7. The van der Waals surface area contributed by atoms with Crippen molar-refractivity contribution in [1.29, 1.82) is 0 Å². The largest absolute Gasteiger partial charge is 0.330 e. The Labute approximate surface area is 119 Å². The van der Waals surface area contributed by atoms with Gasteiger partial charge in [-0.05, 0) is 54.9 Å². The molecule has 2 N–H and O–H groups in total. The van der Waals surface area contributed by atoms with E-state index in [1.165, 1.54) is 17.8 Å². The fraction of sp³-hybridized carbons (Fsp3) is 0.143. The first-order valence-corrected chi connectivity index (χ1v) is 6.91. The molecule has 0 aliphatic carbocycles. The molecule has 0 aliphatic heterocycles. The summed E-state index contributed by atoms with van der Waals surface area (Å²) in [5, 5.41) is 0.637. The average molecular weight is 300 g/mol. The second-order valence-electron chi connectivity index (χ2n) is 3.97. The third kappa shape index (κ3) is 3.69. The molecular formula is C14H12ClF2NS. The molecule has 0 atom stereocenters. The minimum absolute atomic E-state index is 0.506. The Morgan fingerprint density at radius 1 is 1.05 bits per heavy atom. The van der Waals surface area contributed by atoms with Crippen LogP contribution in [0.3, 0.4) is 0 Å². The standard InChI is InChI=1S/C14H12ClF2NS/c15-10-1-4-14(9(7-10)5-6-18)19-11-2-3-12(16)13(17)8-11/h1-4,7-8H,5-6,18H2. The van der Waals surface area contributed by atoms with Gasteiger partial charge in [0.25, 0.3) is 0 Å². The summed E-state index contributed by atoms with van der Waals surface area (Å²) >= 11 is 7.31. The van der Waals surface area contributed by atoms with E-state index < -0.39 is 11.6 Å². The van der Waals surface area contributed by atoms with Crippen molar-refractivity contribution in [1.82, 2.24) is 0 Å². The maximum Gasteiger partial charge on any atom is 0.159 e. The molecule has 19 heavy (non-hydrogen) atoms. The zero-order valence-corrected chi connectivity index (χ0v) is 11.6. The first-order valence-electron chi connectivity index (χ1n) is 5.71. The quantitative estimate of drug-likeness (QED) is 0.912. The highest BCUT2D eigenvalue weighted by atomic mass is 35.5. The summed E-state index contributed by atoms with van der Waals surface area (Å²) in [6, 6.07) is 9.32. The van der Waals surface area contributed by atoms with Crippen molar-refractivity contribution >= 4 is 23.4 Å². The highest BCUT2D eigenvalue weighted by Crippen LogP contribution is 2.32. The average Bonchev–Trinajstić information content (AvgIpc) is 2.37. The molecule has 5 heteroatoms. The Morgan fingerprint density at radius 2 is 1.84 bits per heavy atom. The molecule has 1 nitrogen and oxygen atoms in total. The van der Waals surface area contributed by atoms with E-state index in [0.29, 0.717) is 22.9 Å². The Morgan fingerprint density at radius 3 is 2.53 bits per heavy atom. The molecular weight excluding hydrogens is 288 g/mol. The number of hydrogen-bond donors (Lipinski definition) is 1. The fourth-order valence-electron chi connectivity index (χ4n) is 1.67. The van der Waals surface area contributed by atoms with Gasteiger partial charge in [-0.25, -0.2) is 8.78 Å². The van der Waals surface area contributed by atoms with E-state index in [4.69, 9.17) is 17.3 Å². The Bertz CT molecular complexity index is 590. The number of benzene rings is 2. The zero-order chi connectivity index (χ0) is 13.8. The molecule has 0 heterocycles. The summed E-state index contributed by atoms with van der Waals surface area (Å²) in [5.41, 5.74) is 6.56. The van der Waals surface area contributed by atoms with E-state index in [-0.39, 0.29) is 0 Å². The van der Waals surface area contributed by atoms with Crippen LogP contribution in [0.15, 0.2) is 46.2 Å². The lowest BCUT2D eigenvalue weighted by Gasteiger charge is -2.09. The summed E-state index contributed by atoms with van der Waals surface area (Å²) in [5.74, 6) is -1.69. The molecule has 0 unspecified atom stereocenters. The van der Waals surface area contributed by atoms with Gasteiger partial charge in [-0.1, -0.05) is 23.4 Å². The van der Waals surface area contributed by atoms with Gasteiger partial charge in [0.2, 0.25) is 0 Å². The van der Waals surface area contributed by atoms with E-state index >= 15 is 0 Å². The van der Waals surface area contributed by atoms with Crippen LogP contribution in [-0.4, -0.2) is 6.54 Å². The molecule has 0 amide bonds. The molecule has 100 valence electrons. The van der Waals surface area contributed by atoms with Crippen LogP contribution >= 0.6 is 23.4 Å². The van der Waals surface area contributed by atoms with Crippen LogP contribution in [0.4, 0.5) is 8.78 Å². The molecule has 2 aromatic rings. The first kappa shape index (κ1) is 14.3. The third-order valence-corrected chi connectivity index (χ3v) is 3.90. The zero-order valence-electron chi connectivity index (χ0n) is 10.00. The van der Waals surface area contributed by atoms with Crippen molar-refractivity contribution < 1.29 is 8.78 Å². The van der Waals surface area contributed by atoms with Gasteiger partial charge >= 0.3 is 0 Å². The van der Waals surface area contributed by atoms with Crippen molar-refractivity contribution in [2.75, 3.05) is 6.54 Å². The van der Waals surface area contributed by atoms with Crippen molar-refractivity contribution in [3.8, 4) is 0 Å². The summed E-state index contributed by atoms with van der Waals surface area (Å²) in [4.78, 5) is 1.58. The molecule has 0 aromatic heterocycles. The number of rotatable bonds is 4.